The molecule has 0 radical (unpaired) electrons. The Bertz CT molecular complexity index is 639. The Morgan fingerprint density at radius 2 is 1.90 bits per heavy atom. The van der Waals surface area contributed by atoms with Crippen molar-refractivity contribution in [2.24, 2.45) is 0 Å². The van der Waals surface area contributed by atoms with Crippen LogP contribution in [0.3, 0.4) is 0 Å². The summed E-state index contributed by atoms with van der Waals surface area (Å²) in [7, 11) is 0. The van der Waals surface area contributed by atoms with E-state index in [4.69, 9.17) is 5.73 Å². The molecule has 0 saturated carbocycles. The van der Waals surface area contributed by atoms with Crippen molar-refractivity contribution >= 4 is 17.3 Å². The fourth-order valence-corrected chi connectivity index (χ4v) is 1.95. The van der Waals surface area contributed by atoms with Gasteiger partial charge in [0.1, 0.15) is 5.82 Å². The standard InChI is InChI=1S/C15H18N4O2/c1-10(2)12-5-3-11(4-6-12)9-17-15-13(19(20)21)7-8-14(16)18-15/h3-8,10H,9H2,1-2H3,(H3,16,17,18). The van der Waals surface area contributed by atoms with Crippen LogP contribution >= 0.6 is 0 Å². The summed E-state index contributed by atoms with van der Waals surface area (Å²) in [5.41, 5.74) is 7.78. The smallest absolute Gasteiger partial charge is 0.311 e. The fraction of sp³-hybridized carbons (Fsp3) is 0.267. The van der Waals surface area contributed by atoms with Crippen molar-refractivity contribution in [2.45, 2.75) is 26.3 Å². The van der Waals surface area contributed by atoms with Crippen LogP contribution in [-0.2, 0) is 6.54 Å². The third kappa shape index (κ3) is 3.68. The van der Waals surface area contributed by atoms with E-state index in [-0.39, 0.29) is 17.3 Å². The summed E-state index contributed by atoms with van der Waals surface area (Å²) >= 11 is 0. The third-order valence-corrected chi connectivity index (χ3v) is 3.20. The van der Waals surface area contributed by atoms with E-state index in [1.165, 1.54) is 17.7 Å². The lowest BCUT2D eigenvalue weighted by Crippen LogP contribution is -2.06. The molecule has 0 spiro atoms. The van der Waals surface area contributed by atoms with Crippen LogP contribution in [0.4, 0.5) is 17.3 Å². The summed E-state index contributed by atoms with van der Waals surface area (Å²) < 4.78 is 0. The molecule has 2 aromatic rings. The number of benzene rings is 1. The first-order valence-electron chi connectivity index (χ1n) is 6.71. The second-order valence-corrected chi connectivity index (χ2v) is 5.11. The van der Waals surface area contributed by atoms with E-state index < -0.39 is 4.92 Å². The molecule has 2 rings (SSSR count). The molecule has 110 valence electrons. The van der Waals surface area contributed by atoms with Gasteiger partial charge in [-0.1, -0.05) is 38.1 Å². The highest BCUT2D eigenvalue weighted by atomic mass is 16.6. The minimum Gasteiger partial charge on any atom is -0.384 e. The first-order valence-corrected chi connectivity index (χ1v) is 6.71. The van der Waals surface area contributed by atoms with Crippen molar-refractivity contribution in [1.82, 2.24) is 4.98 Å². The molecule has 0 unspecified atom stereocenters. The highest BCUT2D eigenvalue weighted by molar-refractivity contribution is 5.59. The number of nitrogens with zero attached hydrogens (tertiary/aromatic N) is 2. The maximum atomic E-state index is 10.9. The molecule has 0 bridgehead atoms. The number of nitrogens with one attached hydrogen (secondary N) is 1. The van der Waals surface area contributed by atoms with Gasteiger partial charge in [0, 0.05) is 12.6 Å². The molecule has 0 aliphatic rings. The topological polar surface area (TPSA) is 94.1 Å². The Labute approximate surface area is 123 Å². The van der Waals surface area contributed by atoms with E-state index in [0.717, 1.165) is 5.56 Å². The lowest BCUT2D eigenvalue weighted by Gasteiger charge is -2.09. The van der Waals surface area contributed by atoms with E-state index in [9.17, 15) is 10.1 Å². The van der Waals surface area contributed by atoms with Crippen molar-refractivity contribution in [3.05, 3.63) is 57.6 Å². The third-order valence-electron chi connectivity index (χ3n) is 3.20. The summed E-state index contributed by atoms with van der Waals surface area (Å²) in [5.74, 6) is 0.912. The average Bonchev–Trinajstić information content (AvgIpc) is 2.45. The fourth-order valence-electron chi connectivity index (χ4n) is 1.95. The summed E-state index contributed by atoms with van der Waals surface area (Å²) in [6.07, 6.45) is 0. The maximum absolute atomic E-state index is 10.9. The normalized spacial score (nSPS) is 10.6. The second-order valence-electron chi connectivity index (χ2n) is 5.11. The van der Waals surface area contributed by atoms with E-state index in [2.05, 4.69) is 36.3 Å². The number of nitro groups is 1. The van der Waals surface area contributed by atoms with Crippen molar-refractivity contribution in [3.63, 3.8) is 0 Å². The van der Waals surface area contributed by atoms with Crippen molar-refractivity contribution < 1.29 is 4.92 Å². The molecule has 1 aromatic heterocycles. The van der Waals surface area contributed by atoms with E-state index in [1.807, 2.05) is 12.1 Å². The Kier molecular flexibility index (Phi) is 4.37. The molecule has 0 fully saturated rings. The molecule has 0 atom stereocenters. The van der Waals surface area contributed by atoms with Crippen molar-refractivity contribution in [2.75, 3.05) is 11.1 Å². The molecule has 6 nitrogen and oxygen atoms in total. The molecule has 0 saturated heterocycles. The molecule has 6 heteroatoms. The Morgan fingerprint density at radius 1 is 1.24 bits per heavy atom. The molecule has 0 aliphatic carbocycles. The molecule has 3 N–H and O–H groups in total. The Hall–Kier alpha value is -2.63. The van der Waals surface area contributed by atoms with Gasteiger partial charge in [-0.25, -0.2) is 4.98 Å². The van der Waals surface area contributed by atoms with Gasteiger partial charge in [-0.2, -0.15) is 0 Å². The number of hydrogen-bond donors (Lipinski definition) is 2. The molecule has 21 heavy (non-hydrogen) atoms. The van der Waals surface area contributed by atoms with Crippen LogP contribution in [0.5, 0.6) is 0 Å². The zero-order chi connectivity index (χ0) is 15.4. The van der Waals surface area contributed by atoms with E-state index in [0.29, 0.717) is 12.5 Å². The quantitative estimate of drug-likeness (QED) is 0.649. The van der Waals surface area contributed by atoms with Crippen LogP contribution in [0.2, 0.25) is 0 Å². The van der Waals surface area contributed by atoms with Gasteiger partial charge in [0.2, 0.25) is 5.82 Å². The van der Waals surface area contributed by atoms with Crippen LogP contribution in [0.1, 0.15) is 30.9 Å². The van der Waals surface area contributed by atoms with Crippen LogP contribution in [0, 0.1) is 10.1 Å². The number of nitrogens with two attached hydrogens (primary N) is 1. The van der Waals surface area contributed by atoms with E-state index >= 15 is 0 Å². The van der Waals surface area contributed by atoms with Crippen LogP contribution in [0.15, 0.2) is 36.4 Å². The average molecular weight is 286 g/mol. The molecule has 1 aromatic carbocycles. The highest BCUT2D eigenvalue weighted by Crippen LogP contribution is 2.23. The summed E-state index contributed by atoms with van der Waals surface area (Å²) in [6.45, 7) is 4.72. The minimum atomic E-state index is -0.476. The van der Waals surface area contributed by atoms with Crippen LogP contribution in [0.25, 0.3) is 0 Å². The number of pyridine rings is 1. The molecule has 0 aliphatic heterocycles. The monoisotopic (exact) mass is 286 g/mol. The summed E-state index contributed by atoms with van der Waals surface area (Å²) in [6, 6.07) is 10.9. The number of nitrogen functional groups attached to an aromatic ring is 1. The summed E-state index contributed by atoms with van der Waals surface area (Å²) in [5, 5.41) is 13.9. The van der Waals surface area contributed by atoms with Gasteiger partial charge in [-0.15, -0.1) is 0 Å². The zero-order valence-electron chi connectivity index (χ0n) is 12.0. The molecule has 1 heterocycles. The van der Waals surface area contributed by atoms with Crippen LogP contribution in [-0.4, -0.2) is 9.91 Å². The van der Waals surface area contributed by atoms with Gasteiger partial charge < -0.3 is 11.1 Å². The number of hydrogen-bond acceptors (Lipinski definition) is 5. The van der Waals surface area contributed by atoms with Gasteiger partial charge in [-0.05, 0) is 23.1 Å². The van der Waals surface area contributed by atoms with Gasteiger partial charge >= 0.3 is 5.69 Å². The van der Waals surface area contributed by atoms with Gasteiger partial charge in [-0.3, -0.25) is 10.1 Å². The SMILES string of the molecule is CC(C)c1ccc(CNc2nc(N)ccc2[N+](=O)[O-])cc1. The molecular weight excluding hydrogens is 268 g/mol. The van der Waals surface area contributed by atoms with Crippen molar-refractivity contribution in [3.8, 4) is 0 Å². The second kappa shape index (κ2) is 6.21. The number of aromatic nitrogens is 1. The van der Waals surface area contributed by atoms with Crippen LogP contribution < -0.4 is 11.1 Å². The first-order chi connectivity index (χ1) is 9.97. The van der Waals surface area contributed by atoms with Gasteiger partial charge in [0.25, 0.3) is 0 Å². The van der Waals surface area contributed by atoms with Gasteiger partial charge in [0.15, 0.2) is 0 Å². The Balaban J connectivity index is 2.12. The summed E-state index contributed by atoms with van der Waals surface area (Å²) in [4.78, 5) is 14.5. The van der Waals surface area contributed by atoms with Crippen molar-refractivity contribution in [1.29, 1.82) is 0 Å². The van der Waals surface area contributed by atoms with Gasteiger partial charge in [0.05, 0.1) is 4.92 Å². The lowest BCUT2D eigenvalue weighted by atomic mass is 10.0. The Morgan fingerprint density at radius 3 is 2.48 bits per heavy atom. The molecule has 0 amide bonds. The molecular formula is C15H18N4O2. The zero-order valence-corrected chi connectivity index (χ0v) is 12.0. The lowest BCUT2D eigenvalue weighted by molar-refractivity contribution is -0.384. The predicted octanol–water partition coefficient (Wildman–Crippen LogP) is 3.31. The highest BCUT2D eigenvalue weighted by Gasteiger charge is 2.15. The number of rotatable bonds is 5. The number of anilines is 2. The minimum absolute atomic E-state index is 0.0806. The first kappa shape index (κ1) is 14.8. The predicted molar refractivity (Wildman–Crippen MR) is 83.2 cm³/mol. The van der Waals surface area contributed by atoms with E-state index in [1.54, 1.807) is 0 Å². The largest absolute Gasteiger partial charge is 0.384 e. The maximum Gasteiger partial charge on any atom is 0.311 e.